The van der Waals surface area contributed by atoms with Crippen LogP contribution < -0.4 is 5.73 Å². The predicted molar refractivity (Wildman–Crippen MR) is 114 cm³/mol. The fraction of sp³-hybridized carbons (Fsp3) is 0.381. The Morgan fingerprint density at radius 3 is 2.57 bits per heavy atom. The Kier molecular flexibility index (Phi) is 4.56. The minimum atomic E-state index is 0.125. The van der Waals surface area contributed by atoms with Gasteiger partial charge in [-0.25, -0.2) is 9.50 Å². The second-order valence-electron chi connectivity index (χ2n) is 7.74. The van der Waals surface area contributed by atoms with Gasteiger partial charge in [-0.15, -0.1) is 0 Å². The number of ether oxygens (including phenoxy) is 1. The monoisotopic (exact) mass is 403 g/mol. The van der Waals surface area contributed by atoms with E-state index in [4.69, 9.17) is 17.0 Å². The van der Waals surface area contributed by atoms with Gasteiger partial charge in [-0.1, -0.05) is 19.3 Å². The first-order valence-electron chi connectivity index (χ1n) is 10.2. The van der Waals surface area contributed by atoms with Crippen molar-refractivity contribution in [3.8, 4) is 17.8 Å². The number of anilines is 1. The lowest BCUT2D eigenvalue weighted by Crippen LogP contribution is -2.44. The van der Waals surface area contributed by atoms with Crippen molar-refractivity contribution in [3.63, 3.8) is 0 Å². The molecule has 0 radical (unpaired) electrons. The van der Waals surface area contributed by atoms with Gasteiger partial charge in [0.25, 0.3) is 0 Å². The molecular weight excluding hydrogens is 380 g/mol. The summed E-state index contributed by atoms with van der Waals surface area (Å²) in [7, 11) is 0. The number of fused-ring (bicyclic) bond motifs is 2. The zero-order valence-electron chi connectivity index (χ0n) is 16.6. The van der Waals surface area contributed by atoms with Gasteiger partial charge in [0.15, 0.2) is 5.65 Å². The summed E-state index contributed by atoms with van der Waals surface area (Å²) < 4.78 is 8.84. The van der Waals surface area contributed by atoms with Crippen LogP contribution in [0.4, 0.5) is 11.8 Å². The highest BCUT2D eigenvalue weighted by Crippen LogP contribution is 2.40. The highest BCUT2D eigenvalue weighted by Gasteiger charge is 2.38. The summed E-state index contributed by atoms with van der Waals surface area (Å²) in [5.41, 5.74) is 9.38. The van der Waals surface area contributed by atoms with Crippen LogP contribution >= 0.6 is 0 Å². The third-order valence-electron chi connectivity index (χ3n) is 5.90. The number of nitrogens with zero attached hydrogens (tertiary/aromatic N) is 7. The molecule has 30 heavy (non-hydrogen) atoms. The van der Waals surface area contributed by atoms with Gasteiger partial charge in [-0.3, -0.25) is 0 Å². The molecule has 2 aliphatic rings. The van der Waals surface area contributed by atoms with E-state index in [-0.39, 0.29) is 5.95 Å². The summed E-state index contributed by atoms with van der Waals surface area (Å²) in [6.07, 6.45) is 13.5. The molecule has 1 saturated heterocycles. The van der Waals surface area contributed by atoms with Crippen LogP contribution in [0.1, 0.15) is 38.5 Å². The quantitative estimate of drug-likeness (QED) is 0.520. The number of aromatic nitrogens is 6. The van der Waals surface area contributed by atoms with Crippen LogP contribution in [0.5, 0.6) is 0 Å². The van der Waals surface area contributed by atoms with E-state index in [1.54, 1.807) is 27.6 Å². The molecule has 0 bridgehead atoms. The summed E-state index contributed by atoms with van der Waals surface area (Å²) in [6, 6.07) is 5.62. The van der Waals surface area contributed by atoms with Gasteiger partial charge in [0.2, 0.25) is 5.82 Å². The Morgan fingerprint density at radius 2 is 1.87 bits per heavy atom. The number of hydrogen-bond donors (Lipinski definition) is 1. The molecule has 152 valence electrons. The molecule has 0 amide bonds. The molecule has 4 aromatic heterocycles. The van der Waals surface area contributed by atoms with Crippen LogP contribution in [-0.4, -0.2) is 41.4 Å². The smallest absolute Gasteiger partial charge is 0.375 e. The first-order valence-corrected chi connectivity index (χ1v) is 10.2. The molecule has 1 aliphatic carbocycles. The minimum Gasteiger partial charge on any atom is -0.375 e. The Labute approximate surface area is 173 Å². The topological polar surface area (TPSA) is 100.0 Å². The van der Waals surface area contributed by atoms with E-state index in [2.05, 4.69) is 25.0 Å². The molecule has 2 N–H and O–H groups in total. The van der Waals surface area contributed by atoms with Gasteiger partial charge in [0.05, 0.1) is 17.9 Å². The van der Waals surface area contributed by atoms with Gasteiger partial charge in [0.1, 0.15) is 12.1 Å². The summed E-state index contributed by atoms with van der Waals surface area (Å²) in [5.74, 6) is 0.418. The van der Waals surface area contributed by atoms with Crippen molar-refractivity contribution in [1.82, 2.24) is 29.2 Å². The van der Waals surface area contributed by atoms with Gasteiger partial charge < -0.3 is 10.5 Å². The number of nitrogens with two attached hydrogens (primary N) is 1. The third-order valence-corrected chi connectivity index (χ3v) is 5.90. The maximum atomic E-state index is 5.97. The van der Waals surface area contributed by atoms with Crippen molar-refractivity contribution in [2.45, 2.75) is 44.1 Å². The van der Waals surface area contributed by atoms with Crippen molar-refractivity contribution in [2.24, 2.45) is 0 Å². The van der Waals surface area contributed by atoms with E-state index in [0.717, 1.165) is 23.5 Å². The largest absolute Gasteiger partial charge is 0.553 e. The number of nitrogen functional groups attached to an aromatic ring is 1. The molecular formula is C21H23N8O+. The number of rotatable bonds is 1. The molecule has 6 rings (SSSR count). The van der Waals surface area contributed by atoms with Crippen LogP contribution in [0.25, 0.3) is 27.3 Å². The molecule has 0 aromatic carbocycles. The number of hydrogen-bond acceptors (Lipinski definition) is 6. The van der Waals surface area contributed by atoms with Crippen molar-refractivity contribution in [3.05, 3.63) is 41.6 Å². The average molecular weight is 403 g/mol. The van der Waals surface area contributed by atoms with Crippen molar-refractivity contribution >= 4 is 22.9 Å². The van der Waals surface area contributed by atoms with Crippen LogP contribution in [-0.2, 0) is 4.74 Å². The van der Waals surface area contributed by atoms with Crippen LogP contribution in [0.15, 0.2) is 36.8 Å². The third kappa shape index (κ3) is 3.25. The molecule has 0 atom stereocenters. The molecule has 1 aliphatic heterocycles. The lowest BCUT2D eigenvalue weighted by atomic mass is 9.79. The van der Waals surface area contributed by atoms with Gasteiger partial charge in [-0.05, 0) is 42.4 Å². The predicted octanol–water partition coefficient (Wildman–Crippen LogP) is 3.73. The van der Waals surface area contributed by atoms with E-state index in [9.17, 15) is 0 Å². The average Bonchev–Trinajstić information content (AvgIpc) is 3.40. The SMILES string of the molecule is C#[N+]c1nc(N)c2c(-c3ccc4nccn4n3)ccn2n1.C1CCC2(CC1)CCO2. The molecule has 0 unspecified atom stereocenters. The van der Waals surface area contributed by atoms with Crippen molar-refractivity contribution < 1.29 is 4.74 Å². The van der Waals surface area contributed by atoms with Gasteiger partial charge >= 0.3 is 5.95 Å². The Morgan fingerprint density at radius 1 is 1.03 bits per heavy atom. The molecule has 5 heterocycles. The lowest BCUT2D eigenvalue weighted by Gasteiger charge is -2.44. The highest BCUT2D eigenvalue weighted by atomic mass is 16.5. The van der Waals surface area contributed by atoms with Gasteiger partial charge in [-0.2, -0.15) is 14.5 Å². The lowest BCUT2D eigenvalue weighted by molar-refractivity contribution is -0.164. The summed E-state index contributed by atoms with van der Waals surface area (Å²) in [4.78, 5) is 11.6. The zero-order chi connectivity index (χ0) is 20.6. The summed E-state index contributed by atoms with van der Waals surface area (Å²) >= 11 is 0. The molecule has 9 nitrogen and oxygen atoms in total. The Hall–Kier alpha value is -3.51. The molecule has 9 heteroatoms. The second kappa shape index (κ2) is 7.39. The van der Waals surface area contributed by atoms with Crippen molar-refractivity contribution in [2.75, 3.05) is 12.3 Å². The fourth-order valence-electron chi connectivity index (χ4n) is 4.24. The maximum absolute atomic E-state index is 5.97. The van der Waals surface area contributed by atoms with E-state index >= 15 is 0 Å². The molecule has 2 fully saturated rings. The van der Waals surface area contributed by atoms with Gasteiger partial charge in [0, 0.05) is 29.3 Å². The first kappa shape index (κ1) is 18.5. The van der Waals surface area contributed by atoms with E-state index in [0.29, 0.717) is 16.9 Å². The van der Waals surface area contributed by atoms with E-state index < -0.39 is 0 Å². The maximum Gasteiger partial charge on any atom is 0.553 e. The summed E-state index contributed by atoms with van der Waals surface area (Å²) in [5, 5.41) is 8.63. The van der Waals surface area contributed by atoms with Crippen LogP contribution in [0.3, 0.4) is 0 Å². The van der Waals surface area contributed by atoms with Crippen LogP contribution in [0, 0.1) is 6.57 Å². The second-order valence-corrected chi connectivity index (χ2v) is 7.74. The van der Waals surface area contributed by atoms with Crippen molar-refractivity contribution in [1.29, 1.82) is 0 Å². The first-order chi connectivity index (χ1) is 14.7. The normalized spacial score (nSPS) is 17.3. The van der Waals surface area contributed by atoms with Crippen LogP contribution in [0.2, 0.25) is 0 Å². The fourth-order valence-corrected chi connectivity index (χ4v) is 4.24. The summed E-state index contributed by atoms with van der Waals surface area (Å²) in [6.45, 7) is 6.21. The molecule has 1 saturated carbocycles. The van der Waals surface area contributed by atoms with E-state index in [1.165, 1.54) is 38.5 Å². The Bertz CT molecular complexity index is 1240. The molecule has 1 spiro atoms. The minimum absolute atomic E-state index is 0.125. The molecule has 4 aromatic rings. The number of imidazole rings is 1. The Balaban J connectivity index is 0.000000178. The van der Waals surface area contributed by atoms with E-state index in [1.807, 2.05) is 18.2 Å². The standard InChI is InChI=1S/C13H9N8.C8H14O/c1-15-13-17-12(14)11-8(4-6-21(11)19-13)9-2-3-10-16-5-7-20(10)18-9;1-2-4-8(5-3-1)6-7-9-8/h1-7H,(H2,14,17,19);1-7H2/q+1;. The zero-order valence-corrected chi connectivity index (χ0v) is 16.6. The highest BCUT2D eigenvalue weighted by molar-refractivity contribution is 5.86.